The average Bonchev–Trinajstić information content (AvgIpc) is 2.71. The van der Waals surface area contributed by atoms with E-state index in [1.165, 1.54) is 0 Å². The molecule has 0 aromatic heterocycles. The van der Waals surface area contributed by atoms with E-state index in [2.05, 4.69) is 12.1 Å². The molecule has 0 heterocycles. The van der Waals surface area contributed by atoms with Gasteiger partial charge in [0.15, 0.2) is 0 Å². The predicted octanol–water partition coefficient (Wildman–Crippen LogP) is 3.49. The van der Waals surface area contributed by atoms with Crippen LogP contribution in [0.25, 0.3) is 0 Å². The van der Waals surface area contributed by atoms with E-state index in [1.54, 1.807) is 35.5 Å². The molecule has 0 fully saturated rings. The van der Waals surface area contributed by atoms with Crippen LogP contribution in [-0.4, -0.2) is 61.3 Å². The normalized spacial score (nSPS) is 13.8. The second kappa shape index (κ2) is 9.68. The molecule has 0 spiro atoms. The summed E-state index contributed by atoms with van der Waals surface area (Å²) >= 11 is 0.511. The molecule has 2 atom stereocenters. The average molecular weight is 550 g/mol. The Morgan fingerprint density at radius 1 is 0.846 bits per heavy atom. The summed E-state index contributed by atoms with van der Waals surface area (Å²) in [4.78, 5) is 0. The Morgan fingerprint density at radius 3 is 2.00 bits per heavy atom. The van der Waals surface area contributed by atoms with Crippen LogP contribution < -0.4 is 9.47 Å². The van der Waals surface area contributed by atoms with Gasteiger partial charge in [-0.15, -0.1) is 0 Å². The number of hydrogen-bond donors (Lipinski definition) is 0. The van der Waals surface area contributed by atoms with Gasteiger partial charge in [0.1, 0.15) is 0 Å². The van der Waals surface area contributed by atoms with Crippen molar-refractivity contribution in [2.75, 3.05) is 35.5 Å². The van der Waals surface area contributed by atoms with Crippen LogP contribution in [0.4, 0.5) is 0 Å². The summed E-state index contributed by atoms with van der Waals surface area (Å²) in [5.41, 5.74) is 1.91. The van der Waals surface area contributed by atoms with Crippen molar-refractivity contribution in [1.82, 2.24) is 0 Å². The first-order valence-electron chi connectivity index (χ1n) is 8.24. The summed E-state index contributed by atoms with van der Waals surface area (Å²) in [7, 11) is 8.28. The molecule has 6 heteroatoms. The Morgan fingerprint density at radius 2 is 1.50 bits per heavy atom. The van der Waals surface area contributed by atoms with Crippen LogP contribution in [0.15, 0.2) is 48.5 Å². The standard InChI is InChI=1S/C20H25O5.Tl/c1-21-16-11-12-17(18(13-16)22-2)20(24-4,25-5)14-19(23-3)15-9-7-6-8-10-15;/h6-14,19H,1-5H3;. The zero-order valence-electron chi connectivity index (χ0n) is 15.9. The third kappa shape index (κ3) is 4.05. The molecule has 5 nitrogen and oxygen atoms in total. The Labute approximate surface area is 171 Å². The van der Waals surface area contributed by atoms with Gasteiger partial charge in [0, 0.05) is 0 Å². The molecule has 26 heavy (non-hydrogen) atoms. The molecule has 2 rings (SSSR count). The summed E-state index contributed by atoms with van der Waals surface area (Å²) in [5.74, 6) is 0.380. The molecule has 2 aromatic rings. The van der Waals surface area contributed by atoms with E-state index >= 15 is 0 Å². The predicted molar refractivity (Wildman–Crippen MR) is 101 cm³/mol. The van der Waals surface area contributed by atoms with Crippen LogP contribution in [0, 0.1) is 0 Å². The summed E-state index contributed by atoms with van der Waals surface area (Å²) in [6, 6.07) is 15.8. The Balaban J connectivity index is 2.55. The summed E-state index contributed by atoms with van der Waals surface area (Å²) < 4.78 is 28.7. The van der Waals surface area contributed by atoms with Crippen molar-refractivity contribution in [1.29, 1.82) is 0 Å². The molecule has 0 aliphatic heterocycles. The maximum absolute atomic E-state index is 5.97. The van der Waals surface area contributed by atoms with Crippen LogP contribution >= 0.6 is 0 Å². The molecule has 0 aliphatic carbocycles. The quantitative estimate of drug-likeness (QED) is 0.354. The molecule has 138 valence electrons. The molecule has 0 bridgehead atoms. The second-order valence-electron chi connectivity index (χ2n) is 5.73. The van der Waals surface area contributed by atoms with Gasteiger partial charge in [-0.25, -0.2) is 0 Å². The van der Waals surface area contributed by atoms with Crippen LogP contribution in [-0.2, 0) is 20.0 Å². The first-order valence-corrected chi connectivity index (χ1v) is 10.8. The van der Waals surface area contributed by atoms with E-state index < -0.39 is 5.79 Å². The van der Waals surface area contributed by atoms with Gasteiger partial charge in [0.25, 0.3) is 0 Å². The van der Waals surface area contributed by atoms with E-state index in [1.807, 2.05) is 36.4 Å². The van der Waals surface area contributed by atoms with Crippen molar-refractivity contribution in [3.05, 3.63) is 59.7 Å². The third-order valence-corrected chi connectivity index (χ3v) is 7.60. The first kappa shape index (κ1) is 21.1. The summed E-state index contributed by atoms with van der Waals surface area (Å²) in [6.45, 7) is 0. The molecule has 0 radical (unpaired) electrons. The minimum atomic E-state index is -0.987. The van der Waals surface area contributed by atoms with Crippen molar-refractivity contribution in [2.45, 2.75) is 15.4 Å². The first-order chi connectivity index (χ1) is 12.6. The molecule has 2 unspecified atom stereocenters. The monoisotopic (exact) mass is 550 g/mol. The fourth-order valence-electron chi connectivity index (χ4n) is 3.17. The van der Waals surface area contributed by atoms with Crippen molar-refractivity contribution in [3.63, 3.8) is 0 Å². The zero-order chi connectivity index (χ0) is 19.2. The summed E-state index contributed by atoms with van der Waals surface area (Å²) in [5, 5.41) is 0. The van der Waals surface area contributed by atoms with Gasteiger partial charge in [-0.05, 0) is 0 Å². The molecule has 0 aliphatic rings. The van der Waals surface area contributed by atoms with Crippen LogP contribution in [0.3, 0.4) is 0 Å². The number of benzene rings is 2. The topological polar surface area (TPSA) is 46.2 Å². The van der Waals surface area contributed by atoms with Crippen molar-refractivity contribution in [2.24, 2.45) is 0 Å². The molecule has 2 aromatic carbocycles. The number of methoxy groups -OCH3 is 5. The molecule has 0 saturated carbocycles. The minimum absolute atomic E-state index is 0.00723. The summed E-state index contributed by atoms with van der Waals surface area (Å²) in [6.07, 6.45) is -0.159. The second-order valence-corrected chi connectivity index (χ2v) is 8.53. The zero-order valence-corrected chi connectivity index (χ0v) is 20.4. The molecule has 0 N–H and O–H groups in total. The van der Waals surface area contributed by atoms with E-state index in [9.17, 15) is 0 Å². The van der Waals surface area contributed by atoms with Gasteiger partial charge in [-0.2, -0.15) is 0 Å². The number of hydrogen-bond acceptors (Lipinski definition) is 5. The maximum atomic E-state index is 5.97. The van der Waals surface area contributed by atoms with Crippen LogP contribution in [0.2, 0.25) is 3.48 Å². The van der Waals surface area contributed by atoms with Gasteiger partial charge in [0.2, 0.25) is 0 Å². The van der Waals surface area contributed by atoms with Gasteiger partial charge in [0.05, 0.1) is 0 Å². The van der Waals surface area contributed by atoms with E-state index in [0.717, 1.165) is 11.1 Å². The van der Waals surface area contributed by atoms with Gasteiger partial charge < -0.3 is 0 Å². The van der Waals surface area contributed by atoms with Gasteiger partial charge in [-0.1, -0.05) is 0 Å². The van der Waals surface area contributed by atoms with Gasteiger partial charge >= 0.3 is 172 Å². The van der Waals surface area contributed by atoms with E-state index in [0.29, 0.717) is 37.3 Å². The Hall–Kier alpha value is -1.16. The van der Waals surface area contributed by atoms with E-state index in [-0.39, 0.29) is 9.58 Å². The number of rotatable bonds is 9. The Bertz CT molecular complexity index is 688. The van der Waals surface area contributed by atoms with Crippen molar-refractivity contribution < 1.29 is 23.7 Å². The Kier molecular flexibility index (Phi) is 7.88. The SMILES string of the molecule is COc1ccc(C(OC)(OC)[CH]([Tl])C(OC)c2ccccc2)c(OC)c1. The molecule has 0 saturated heterocycles. The molecular weight excluding hydrogens is 525 g/mol. The molecule has 0 amide bonds. The fourth-order valence-corrected chi connectivity index (χ4v) is 6.40. The number of ether oxygens (including phenoxy) is 5. The third-order valence-electron chi connectivity index (χ3n) is 4.54. The van der Waals surface area contributed by atoms with Crippen LogP contribution in [0.5, 0.6) is 11.5 Å². The van der Waals surface area contributed by atoms with Gasteiger partial charge in [-0.3, -0.25) is 0 Å². The van der Waals surface area contributed by atoms with Crippen molar-refractivity contribution in [3.8, 4) is 11.5 Å². The van der Waals surface area contributed by atoms with Crippen LogP contribution in [0.1, 0.15) is 17.2 Å². The van der Waals surface area contributed by atoms with Crippen molar-refractivity contribution >= 4 is 25.8 Å². The molecular formula is C20H25O5Tl. The fraction of sp³-hybridized carbons (Fsp3) is 0.400. The van der Waals surface area contributed by atoms with E-state index in [4.69, 9.17) is 23.7 Å².